The number of hydrogen-bond donors (Lipinski definition) is 3. The van der Waals surface area contributed by atoms with Crippen molar-refractivity contribution < 1.29 is 24.2 Å². The van der Waals surface area contributed by atoms with Gasteiger partial charge in [0.1, 0.15) is 23.4 Å². The predicted octanol–water partition coefficient (Wildman–Crippen LogP) is 7.48. The molecule has 0 heterocycles. The lowest BCUT2D eigenvalue weighted by Gasteiger charge is -2.39. The molecule has 0 radical (unpaired) electrons. The lowest BCUT2D eigenvalue weighted by atomic mass is 9.94. The molecule has 8 nitrogen and oxygen atoms in total. The summed E-state index contributed by atoms with van der Waals surface area (Å²) >= 11 is 0. The van der Waals surface area contributed by atoms with E-state index in [2.05, 4.69) is 24.5 Å². The fourth-order valence-corrected chi connectivity index (χ4v) is 5.23. The summed E-state index contributed by atoms with van der Waals surface area (Å²) in [6.45, 7) is 15.0. The van der Waals surface area contributed by atoms with Crippen LogP contribution in [0.3, 0.4) is 0 Å². The molecule has 0 bridgehead atoms. The molecule has 0 spiro atoms. The van der Waals surface area contributed by atoms with Gasteiger partial charge in [-0.3, -0.25) is 9.59 Å². The van der Waals surface area contributed by atoms with Crippen LogP contribution in [0.1, 0.15) is 82.7 Å². The maximum atomic E-state index is 14.9. The van der Waals surface area contributed by atoms with E-state index in [9.17, 15) is 19.5 Å². The van der Waals surface area contributed by atoms with Crippen LogP contribution in [0, 0.1) is 19.8 Å². The molecule has 45 heavy (non-hydrogen) atoms. The number of anilines is 1. The number of nitrogens with one attached hydrogen (secondary N) is 2. The summed E-state index contributed by atoms with van der Waals surface area (Å²) in [5.74, 6) is -0.621. The molecule has 3 atom stereocenters. The lowest BCUT2D eigenvalue weighted by Crippen LogP contribution is -2.55. The molecule has 0 aliphatic carbocycles. The standard InChI is InChI=1S/C37H49N3O5/c1-24(2)21-22-27(5)40(35(43)31(23-28-17-10-9-11-18-28)39-36(44)45-37(6,7)8)32(29-19-14-16-26(4)33(29)41)34(42)38-30-20-13-12-15-25(30)3/h9-20,24,27,31-32,41H,21-23H2,1-8H3,(H,38,42)(H,39,44). The van der Waals surface area contributed by atoms with E-state index in [0.717, 1.165) is 17.5 Å². The number of phenolic OH excluding ortho intramolecular Hbond substituents is 1. The van der Waals surface area contributed by atoms with Crippen LogP contribution < -0.4 is 10.6 Å². The van der Waals surface area contributed by atoms with Crippen molar-refractivity contribution in [2.75, 3.05) is 5.32 Å². The van der Waals surface area contributed by atoms with E-state index < -0.39 is 41.6 Å². The summed E-state index contributed by atoms with van der Waals surface area (Å²) in [4.78, 5) is 43.9. The minimum atomic E-state index is -1.20. The van der Waals surface area contributed by atoms with Crippen molar-refractivity contribution in [3.63, 3.8) is 0 Å². The number of nitrogens with zero attached hydrogens (tertiary/aromatic N) is 1. The van der Waals surface area contributed by atoms with E-state index in [1.54, 1.807) is 52.0 Å². The van der Waals surface area contributed by atoms with Crippen LogP contribution in [-0.4, -0.2) is 45.6 Å². The van der Waals surface area contributed by atoms with Crippen molar-refractivity contribution in [1.82, 2.24) is 10.2 Å². The quantitative estimate of drug-likeness (QED) is 0.196. The average Bonchev–Trinajstić information content (AvgIpc) is 2.96. The zero-order valence-electron chi connectivity index (χ0n) is 27.9. The highest BCUT2D eigenvalue weighted by Crippen LogP contribution is 2.35. The number of aromatic hydroxyl groups is 1. The number of phenols is 1. The van der Waals surface area contributed by atoms with Crippen molar-refractivity contribution in [3.05, 3.63) is 95.1 Å². The van der Waals surface area contributed by atoms with Crippen molar-refractivity contribution in [2.24, 2.45) is 5.92 Å². The Morgan fingerprint density at radius 3 is 2.09 bits per heavy atom. The maximum Gasteiger partial charge on any atom is 0.408 e. The largest absolute Gasteiger partial charge is 0.507 e. The molecule has 0 aliphatic rings. The lowest BCUT2D eigenvalue weighted by molar-refractivity contribution is -0.143. The number of aryl methyl sites for hydroxylation is 2. The van der Waals surface area contributed by atoms with Crippen LogP contribution in [-0.2, 0) is 20.7 Å². The monoisotopic (exact) mass is 615 g/mol. The van der Waals surface area contributed by atoms with Gasteiger partial charge < -0.3 is 25.4 Å². The zero-order chi connectivity index (χ0) is 33.3. The molecule has 3 rings (SSSR count). The first-order valence-electron chi connectivity index (χ1n) is 15.7. The Bertz CT molecular complexity index is 1450. The molecule has 0 saturated carbocycles. The minimum absolute atomic E-state index is 0.0593. The van der Waals surface area contributed by atoms with E-state index in [1.165, 1.54) is 4.90 Å². The second-order valence-corrected chi connectivity index (χ2v) is 13.2. The van der Waals surface area contributed by atoms with Crippen molar-refractivity contribution in [1.29, 1.82) is 0 Å². The Labute approximate surface area is 268 Å². The van der Waals surface area contributed by atoms with Crippen molar-refractivity contribution in [2.45, 2.75) is 98.4 Å². The summed E-state index contributed by atoms with van der Waals surface area (Å²) in [6, 6.07) is 19.3. The average molecular weight is 616 g/mol. The van der Waals surface area contributed by atoms with Gasteiger partial charge in [0.2, 0.25) is 5.91 Å². The fourth-order valence-electron chi connectivity index (χ4n) is 5.23. The Balaban J connectivity index is 2.18. The molecule has 242 valence electrons. The molecule has 0 fully saturated rings. The molecule has 3 N–H and O–H groups in total. The number of hydrogen-bond acceptors (Lipinski definition) is 5. The minimum Gasteiger partial charge on any atom is -0.507 e. The Morgan fingerprint density at radius 2 is 1.47 bits per heavy atom. The number of alkyl carbamates (subject to hydrolysis) is 1. The van der Waals surface area contributed by atoms with Crippen LogP contribution >= 0.6 is 0 Å². The first-order valence-corrected chi connectivity index (χ1v) is 15.7. The topological polar surface area (TPSA) is 108 Å². The van der Waals surface area contributed by atoms with Gasteiger partial charge >= 0.3 is 6.09 Å². The third-order valence-electron chi connectivity index (χ3n) is 7.66. The van der Waals surface area contributed by atoms with Gasteiger partial charge in [0, 0.05) is 23.7 Å². The number of ether oxygens (including phenoxy) is 1. The molecular formula is C37H49N3O5. The van der Waals surface area contributed by atoms with Crippen molar-refractivity contribution >= 4 is 23.6 Å². The fraction of sp³-hybridized carbons (Fsp3) is 0.432. The Morgan fingerprint density at radius 1 is 0.844 bits per heavy atom. The summed E-state index contributed by atoms with van der Waals surface area (Å²) < 4.78 is 5.55. The Hall–Kier alpha value is -4.33. The van der Waals surface area contributed by atoms with Gasteiger partial charge in [-0.05, 0) is 83.1 Å². The Kier molecular flexibility index (Phi) is 12.2. The van der Waals surface area contributed by atoms with E-state index in [1.807, 2.05) is 62.4 Å². The number of benzene rings is 3. The summed E-state index contributed by atoms with van der Waals surface area (Å²) in [5.41, 5.74) is 2.41. The van der Waals surface area contributed by atoms with Gasteiger partial charge in [0.15, 0.2) is 0 Å². The van der Waals surface area contributed by atoms with Gasteiger partial charge in [0.05, 0.1) is 0 Å². The van der Waals surface area contributed by atoms with Crippen LogP contribution in [0.25, 0.3) is 0 Å². The normalized spacial score (nSPS) is 13.4. The second-order valence-electron chi connectivity index (χ2n) is 13.2. The summed E-state index contributed by atoms with van der Waals surface area (Å²) in [6.07, 6.45) is 0.859. The number of para-hydroxylation sites is 2. The van der Waals surface area contributed by atoms with Crippen LogP contribution in [0.4, 0.5) is 10.5 Å². The number of carbonyl (C=O) groups excluding carboxylic acids is 3. The van der Waals surface area contributed by atoms with Crippen LogP contribution in [0.2, 0.25) is 0 Å². The highest BCUT2D eigenvalue weighted by atomic mass is 16.6. The molecule has 0 aliphatic heterocycles. The first-order chi connectivity index (χ1) is 21.2. The predicted molar refractivity (Wildman–Crippen MR) is 179 cm³/mol. The van der Waals surface area contributed by atoms with Gasteiger partial charge in [-0.1, -0.05) is 80.6 Å². The highest BCUT2D eigenvalue weighted by molar-refractivity contribution is 6.00. The third-order valence-corrected chi connectivity index (χ3v) is 7.66. The second kappa shape index (κ2) is 15.6. The molecule has 3 aromatic carbocycles. The maximum absolute atomic E-state index is 14.9. The smallest absolute Gasteiger partial charge is 0.408 e. The molecule has 3 amide bonds. The third kappa shape index (κ3) is 10.1. The first kappa shape index (κ1) is 35.2. The number of rotatable bonds is 12. The van der Waals surface area contributed by atoms with E-state index in [-0.39, 0.29) is 12.2 Å². The summed E-state index contributed by atoms with van der Waals surface area (Å²) in [5, 5.41) is 17.1. The number of carbonyl (C=O) groups is 3. The zero-order valence-corrected chi connectivity index (χ0v) is 27.9. The van der Waals surface area contributed by atoms with Gasteiger partial charge in [-0.2, -0.15) is 0 Å². The molecule has 3 aromatic rings. The molecule has 3 unspecified atom stereocenters. The van der Waals surface area contributed by atoms with Gasteiger partial charge in [-0.15, -0.1) is 0 Å². The van der Waals surface area contributed by atoms with E-state index in [4.69, 9.17) is 4.74 Å². The van der Waals surface area contributed by atoms with Crippen LogP contribution in [0.15, 0.2) is 72.8 Å². The van der Waals surface area contributed by atoms with E-state index in [0.29, 0.717) is 29.2 Å². The molecule has 0 saturated heterocycles. The number of amides is 3. The highest BCUT2D eigenvalue weighted by Gasteiger charge is 2.40. The van der Waals surface area contributed by atoms with Gasteiger partial charge in [0.25, 0.3) is 5.91 Å². The SMILES string of the molecule is Cc1ccccc1NC(=O)C(c1cccc(C)c1O)N(C(=O)C(Cc1ccccc1)NC(=O)OC(C)(C)C)C(C)CCC(C)C. The van der Waals surface area contributed by atoms with Crippen molar-refractivity contribution in [3.8, 4) is 5.75 Å². The van der Waals surface area contributed by atoms with Gasteiger partial charge in [-0.25, -0.2) is 4.79 Å². The van der Waals surface area contributed by atoms with Crippen LogP contribution in [0.5, 0.6) is 5.75 Å². The summed E-state index contributed by atoms with van der Waals surface area (Å²) in [7, 11) is 0. The molecule has 0 aromatic heterocycles. The van der Waals surface area contributed by atoms with E-state index >= 15 is 0 Å². The molecule has 8 heteroatoms. The molecular weight excluding hydrogens is 566 g/mol.